The molecule has 0 fully saturated rings. The van der Waals surface area contributed by atoms with Gasteiger partial charge in [-0.25, -0.2) is 0 Å². The Kier molecular flexibility index (Phi) is 3.42. The van der Waals surface area contributed by atoms with Crippen LogP contribution in [0.4, 0.5) is 0 Å². The van der Waals surface area contributed by atoms with Crippen molar-refractivity contribution in [2.24, 2.45) is 0 Å². The van der Waals surface area contributed by atoms with Crippen molar-refractivity contribution in [1.29, 1.82) is 0 Å². The topological polar surface area (TPSA) is 35.0 Å². The maximum atomic E-state index is 5.23. The molecule has 0 spiro atoms. The summed E-state index contributed by atoms with van der Waals surface area (Å²) in [4.78, 5) is 8.25. The average Bonchev–Trinajstić information content (AvgIpc) is 2.53. The van der Waals surface area contributed by atoms with E-state index in [2.05, 4.69) is 34.2 Å². The van der Waals surface area contributed by atoms with Crippen molar-refractivity contribution in [1.82, 2.24) is 9.97 Å². The van der Waals surface area contributed by atoms with Crippen LogP contribution in [-0.4, -0.2) is 17.1 Å². The molecule has 1 heterocycles. The second-order valence-electron chi connectivity index (χ2n) is 4.44. The third kappa shape index (κ3) is 2.67. The normalized spacial score (nSPS) is 11.1. The van der Waals surface area contributed by atoms with E-state index in [1.165, 1.54) is 10.8 Å². The Bertz CT molecular complexity index is 751. The fourth-order valence-electron chi connectivity index (χ4n) is 2.05. The third-order valence-corrected chi connectivity index (χ3v) is 3.10. The molecule has 0 unspecified atom stereocenters. The number of hydrogen-bond acceptors (Lipinski definition) is 3. The molecule has 3 rings (SSSR count). The smallest absolute Gasteiger partial charge is 0.119 e. The number of fused-ring (bicyclic) bond motifs is 1. The fourth-order valence-corrected chi connectivity index (χ4v) is 2.05. The molecular weight excluding hydrogens is 248 g/mol. The van der Waals surface area contributed by atoms with Crippen LogP contribution in [-0.2, 0) is 0 Å². The Hall–Kier alpha value is -2.68. The van der Waals surface area contributed by atoms with Gasteiger partial charge in [0.2, 0.25) is 0 Å². The quantitative estimate of drug-likeness (QED) is 0.720. The Balaban J connectivity index is 1.91. The SMILES string of the molecule is COc1ccc2cc(/C=C/c3cnccn3)ccc2c1. The van der Waals surface area contributed by atoms with Crippen LogP contribution in [0.3, 0.4) is 0 Å². The number of nitrogens with zero attached hydrogens (tertiary/aromatic N) is 2. The first-order chi connectivity index (χ1) is 9.85. The van der Waals surface area contributed by atoms with Crippen molar-refractivity contribution in [2.45, 2.75) is 0 Å². The van der Waals surface area contributed by atoms with Gasteiger partial charge >= 0.3 is 0 Å². The fraction of sp³-hybridized carbons (Fsp3) is 0.0588. The summed E-state index contributed by atoms with van der Waals surface area (Å²) in [6, 6.07) is 12.4. The monoisotopic (exact) mass is 262 g/mol. The lowest BCUT2D eigenvalue weighted by atomic mass is 10.1. The number of aromatic nitrogens is 2. The zero-order valence-electron chi connectivity index (χ0n) is 11.2. The van der Waals surface area contributed by atoms with Crippen molar-refractivity contribution in [3.8, 4) is 5.75 Å². The highest BCUT2D eigenvalue weighted by atomic mass is 16.5. The first-order valence-electron chi connectivity index (χ1n) is 6.37. The standard InChI is InChI=1S/C17H14N2O/c1-20-17-7-5-14-10-13(2-4-15(14)11-17)3-6-16-12-18-8-9-19-16/h2-12H,1H3/b6-3+. The molecule has 0 aliphatic rings. The molecule has 0 atom stereocenters. The summed E-state index contributed by atoms with van der Waals surface area (Å²) in [6.45, 7) is 0. The molecule has 2 aromatic carbocycles. The van der Waals surface area contributed by atoms with E-state index in [-0.39, 0.29) is 0 Å². The molecule has 20 heavy (non-hydrogen) atoms. The first-order valence-corrected chi connectivity index (χ1v) is 6.37. The summed E-state index contributed by atoms with van der Waals surface area (Å²) in [7, 11) is 1.68. The zero-order chi connectivity index (χ0) is 13.8. The third-order valence-electron chi connectivity index (χ3n) is 3.10. The van der Waals surface area contributed by atoms with Gasteiger partial charge in [0.15, 0.2) is 0 Å². The van der Waals surface area contributed by atoms with E-state index in [4.69, 9.17) is 4.74 Å². The molecule has 0 aliphatic carbocycles. The van der Waals surface area contributed by atoms with Crippen LogP contribution >= 0.6 is 0 Å². The number of ether oxygens (including phenoxy) is 1. The van der Waals surface area contributed by atoms with E-state index in [0.29, 0.717) is 0 Å². The Labute approximate surface area is 117 Å². The van der Waals surface area contributed by atoms with Gasteiger partial charge in [-0.15, -0.1) is 0 Å². The number of benzene rings is 2. The van der Waals surface area contributed by atoms with Gasteiger partial charge in [0.05, 0.1) is 19.0 Å². The predicted octanol–water partition coefficient (Wildman–Crippen LogP) is 3.81. The molecule has 3 aromatic rings. The van der Waals surface area contributed by atoms with Gasteiger partial charge in [0, 0.05) is 12.4 Å². The zero-order valence-corrected chi connectivity index (χ0v) is 11.2. The minimum Gasteiger partial charge on any atom is -0.497 e. The van der Waals surface area contributed by atoms with Crippen molar-refractivity contribution in [2.75, 3.05) is 7.11 Å². The largest absolute Gasteiger partial charge is 0.497 e. The Morgan fingerprint density at radius 2 is 1.80 bits per heavy atom. The van der Waals surface area contributed by atoms with Crippen LogP contribution in [0, 0.1) is 0 Å². The molecular formula is C17H14N2O. The van der Waals surface area contributed by atoms with E-state index < -0.39 is 0 Å². The summed E-state index contributed by atoms with van der Waals surface area (Å²) < 4.78 is 5.23. The van der Waals surface area contributed by atoms with Gasteiger partial charge < -0.3 is 4.74 Å². The van der Waals surface area contributed by atoms with Gasteiger partial charge in [-0.2, -0.15) is 0 Å². The maximum Gasteiger partial charge on any atom is 0.119 e. The van der Waals surface area contributed by atoms with Crippen LogP contribution < -0.4 is 4.74 Å². The van der Waals surface area contributed by atoms with E-state index in [1.807, 2.05) is 24.3 Å². The number of rotatable bonds is 3. The number of hydrogen-bond donors (Lipinski definition) is 0. The van der Waals surface area contributed by atoms with Gasteiger partial charge in [-0.1, -0.05) is 24.3 Å². The summed E-state index contributed by atoms with van der Waals surface area (Å²) in [5.74, 6) is 0.875. The maximum absolute atomic E-state index is 5.23. The molecule has 0 saturated heterocycles. The molecule has 98 valence electrons. The van der Waals surface area contributed by atoms with Crippen molar-refractivity contribution >= 4 is 22.9 Å². The first kappa shape index (κ1) is 12.4. The van der Waals surface area contributed by atoms with Gasteiger partial charge in [-0.3, -0.25) is 9.97 Å². The van der Waals surface area contributed by atoms with Gasteiger partial charge in [0.25, 0.3) is 0 Å². The van der Waals surface area contributed by atoms with E-state index >= 15 is 0 Å². The lowest BCUT2D eigenvalue weighted by molar-refractivity contribution is 0.415. The molecule has 1 aromatic heterocycles. The Morgan fingerprint density at radius 3 is 2.60 bits per heavy atom. The lowest BCUT2D eigenvalue weighted by Crippen LogP contribution is -1.83. The summed E-state index contributed by atoms with van der Waals surface area (Å²) >= 11 is 0. The minimum absolute atomic E-state index is 0.849. The van der Waals surface area contributed by atoms with Gasteiger partial charge in [-0.05, 0) is 40.6 Å². The molecule has 0 radical (unpaired) electrons. The van der Waals surface area contributed by atoms with Crippen LogP contribution in [0.5, 0.6) is 5.75 Å². The highest BCUT2D eigenvalue weighted by molar-refractivity contribution is 5.87. The van der Waals surface area contributed by atoms with Crippen LogP contribution in [0.1, 0.15) is 11.3 Å². The molecule has 3 nitrogen and oxygen atoms in total. The summed E-state index contributed by atoms with van der Waals surface area (Å²) in [6.07, 6.45) is 9.08. The lowest BCUT2D eigenvalue weighted by Gasteiger charge is -2.03. The van der Waals surface area contributed by atoms with E-state index in [0.717, 1.165) is 17.0 Å². The highest BCUT2D eigenvalue weighted by Crippen LogP contribution is 2.22. The molecule has 3 heteroatoms. The van der Waals surface area contributed by atoms with Crippen LogP contribution in [0.25, 0.3) is 22.9 Å². The Morgan fingerprint density at radius 1 is 0.950 bits per heavy atom. The molecule has 0 bridgehead atoms. The highest BCUT2D eigenvalue weighted by Gasteiger charge is 1.97. The van der Waals surface area contributed by atoms with Crippen molar-refractivity contribution in [3.63, 3.8) is 0 Å². The summed E-state index contributed by atoms with van der Waals surface area (Å²) in [5.41, 5.74) is 1.98. The van der Waals surface area contributed by atoms with Crippen molar-refractivity contribution < 1.29 is 4.74 Å². The van der Waals surface area contributed by atoms with Gasteiger partial charge in [0.1, 0.15) is 5.75 Å². The minimum atomic E-state index is 0.849. The second kappa shape index (κ2) is 5.53. The second-order valence-corrected chi connectivity index (χ2v) is 4.44. The molecule has 0 saturated carbocycles. The molecule has 0 amide bonds. The van der Waals surface area contributed by atoms with E-state index in [1.54, 1.807) is 25.7 Å². The molecule has 0 N–H and O–H groups in total. The molecule has 0 aliphatic heterocycles. The predicted molar refractivity (Wildman–Crippen MR) is 81.5 cm³/mol. The number of methoxy groups -OCH3 is 1. The average molecular weight is 262 g/mol. The van der Waals surface area contributed by atoms with Crippen molar-refractivity contribution in [3.05, 3.63) is 66.2 Å². The van der Waals surface area contributed by atoms with Crippen LogP contribution in [0.15, 0.2) is 55.0 Å². The summed E-state index contributed by atoms with van der Waals surface area (Å²) in [5, 5.41) is 2.35. The van der Waals surface area contributed by atoms with E-state index in [9.17, 15) is 0 Å². The van der Waals surface area contributed by atoms with Crippen LogP contribution in [0.2, 0.25) is 0 Å².